The van der Waals surface area contributed by atoms with Gasteiger partial charge in [0.2, 0.25) is 0 Å². The highest BCUT2D eigenvalue weighted by molar-refractivity contribution is 6.07. The Bertz CT molecular complexity index is 914. The number of amides is 1. The fourth-order valence-corrected chi connectivity index (χ4v) is 3.19. The zero-order valence-electron chi connectivity index (χ0n) is 14.2. The molecular formula is C18H20N4O3. The van der Waals surface area contributed by atoms with Crippen LogP contribution in [0.3, 0.4) is 0 Å². The van der Waals surface area contributed by atoms with Crippen molar-refractivity contribution in [1.82, 2.24) is 19.7 Å². The van der Waals surface area contributed by atoms with Gasteiger partial charge in [0.05, 0.1) is 37.2 Å². The summed E-state index contributed by atoms with van der Waals surface area (Å²) in [6.07, 6.45) is 5.07. The summed E-state index contributed by atoms with van der Waals surface area (Å²) in [6.45, 7) is 0.872. The van der Waals surface area contributed by atoms with Gasteiger partial charge in [0.15, 0.2) is 5.75 Å². The third-order valence-corrected chi connectivity index (χ3v) is 4.46. The van der Waals surface area contributed by atoms with Gasteiger partial charge in [-0.25, -0.2) is 0 Å². The van der Waals surface area contributed by atoms with Crippen molar-refractivity contribution in [2.75, 3.05) is 13.2 Å². The van der Waals surface area contributed by atoms with Gasteiger partial charge < -0.3 is 19.4 Å². The molecule has 1 N–H and O–H groups in total. The van der Waals surface area contributed by atoms with Crippen LogP contribution in [0.2, 0.25) is 0 Å². The van der Waals surface area contributed by atoms with Gasteiger partial charge in [-0.1, -0.05) is 18.2 Å². The zero-order chi connectivity index (χ0) is 17.4. The normalized spacial score (nSPS) is 20.1. The van der Waals surface area contributed by atoms with Crippen molar-refractivity contribution in [3.8, 4) is 5.75 Å². The first kappa shape index (κ1) is 15.7. The number of nitrogens with zero attached hydrogens (tertiary/aromatic N) is 3. The van der Waals surface area contributed by atoms with Gasteiger partial charge >= 0.3 is 0 Å². The molecule has 0 bridgehead atoms. The topological polar surface area (TPSA) is 70.3 Å². The quantitative estimate of drug-likeness (QED) is 0.781. The van der Waals surface area contributed by atoms with Crippen molar-refractivity contribution < 1.29 is 14.3 Å². The van der Waals surface area contributed by atoms with Crippen molar-refractivity contribution in [2.24, 2.45) is 14.1 Å². The maximum Gasteiger partial charge on any atom is 0.253 e. The lowest BCUT2D eigenvalue weighted by atomic mass is 10.1. The van der Waals surface area contributed by atoms with Gasteiger partial charge in [0.1, 0.15) is 6.10 Å². The molecule has 1 aliphatic heterocycles. The van der Waals surface area contributed by atoms with Crippen molar-refractivity contribution in [1.29, 1.82) is 0 Å². The Morgan fingerprint density at radius 3 is 2.92 bits per heavy atom. The highest BCUT2D eigenvalue weighted by Crippen LogP contribution is 2.21. The van der Waals surface area contributed by atoms with Crippen LogP contribution in [0.4, 0.5) is 0 Å². The third-order valence-electron chi connectivity index (χ3n) is 4.46. The van der Waals surface area contributed by atoms with Crippen LogP contribution in [0.25, 0.3) is 10.9 Å². The lowest BCUT2D eigenvalue weighted by Crippen LogP contribution is -2.45. The van der Waals surface area contributed by atoms with E-state index in [0.717, 1.165) is 10.9 Å². The Hall–Kier alpha value is -2.80. The lowest BCUT2D eigenvalue weighted by Gasteiger charge is -2.19. The van der Waals surface area contributed by atoms with Gasteiger partial charge in [-0.05, 0) is 6.07 Å². The maximum absolute atomic E-state index is 12.8. The molecule has 0 saturated carbocycles. The summed E-state index contributed by atoms with van der Waals surface area (Å²) < 4.78 is 15.0. The third kappa shape index (κ3) is 2.98. The fourth-order valence-electron chi connectivity index (χ4n) is 3.19. The largest absolute Gasteiger partial charge is 0.482 e. The molecule has 2 atom stereocenters. The molecule has 1 fully saturated rings. The van der Waals surface area contributed by atoms with E-state index >= 15 is 0 Å². The number of nitrogens with one attached hydrogen (secondary N) is 1. The van der Waals surface area contributed by atoms with E-state index in [1.165, 1.54) is 0 Å². The molecule has 7 nitrogen and oxygen atoms in total. The number of ether oxygens (including phenoxy) is 2. The number of benzene rings is 1. The Morgan fingerprint density at radius 1 is 1.28 bits per heavy atom. The molecule has 0 spiro atoms. The average Bonchev–Trinajstić information content (AvgIpc) is 3.29. The smallest absolute Gasteiger partial charge is 0.253 e. The Kier molecular flexibility index (Phi) is 3.93. The summed E-state index contributed by atoms with van der Waals surface area (Å²) in [7, 11) is 3.77. The maximum atomic E-state index is 12.8. The average molecular weight is 340 g/mol. The predicted molar refractivity (Wildman–Crippen MR) is 92.6 cm³/mol. The molecule has 7 heteroatoms. The molecule has 130 valence electrons. The van der Waals surface area contributed by atoms with Gasteiger partial charge in [-0.3, -0.25) is 9.48 Å². The summed E-state index contributed by atoms with van der Waals surface area (Å²) in [5.74, 6) is 0.550. The fraction of sp³-hybridized carbons (Fsp3) is 0.333. The van der Waals surface area contributed by atoms with Crippen LogP contribution in [-0.4, -0.2) is 45.6 Å². The summed E-state index contributed by atoms with van der Waals surface area (Å²) in [6, 6.07) is 7.66. The first-order valence-electron chi connectivity index (χ1n) is 8.20. The summed E-state index contributed by atoms with van der Waals surface area (Å²) in [5, 5.41) is 8.07. The number of fused-ring (bicyclic) bond motifs is 1. The van der Waals surface area contributed by atoms with Gasteiger partial charge in [-0.2, -0.15) is 5.10 Å². The van der Waals surface area contributed by atoms with Crippen LogP contribution in [0.1, 0.15) is 10.4 Å². The number of aryl methyl sites for hydroxylation is 2. The molecule has 0 unspecified atom stereocenters. The molecule has 3 aromatic rings. The van der Waals surface area contributed by atoms with Gasteiger partial charge in [0, 0.05) is 31.2 Å². The van der Waals surface area contributed by atoms with E-state index < -0.39 is 0 Å². The summed E-state index contributed by atoms with van der Waals surface area (Å²) in [5.41, 5.74) is 1.68. The summed E-state index contributed by atoms with van der Waals surface area (Å²) in [4.78, 5) is 12.8. The molecule has 3 heterocycles. The van der Waals surface area contributed by atoms with Crippen LogP contribution >= 0.6 is 0 Å². The number of hydrogen-bond acceptors (Lipinski definition) is 4. The predicted octanol–water partition coefficient (Wildman–Crippen LogP) is 1.49. The van der Waals surface area contributed by atoms with E-state index in [2.05, 4.69) is 10.4 Å². The van der Waals surface area contributed by atoms with Crippen molar-refractivity contribution in [3.05, 3.63) is 48.4 Å². The molecule has 4 rings (SSSR count). The number of aromatic nitrogens is 3. The van der Waals surface area contributed by atoms with Crippen LogP contribution in [0.15, 0.2) is 42.9 Å². The zero-order valence-corrected chi connectivity index (χ0v) is 14.2. The van der Waals surface area contributed by atoms with Crippen molar-refractivity contribution >= 4 is 16.8 Å². The van der Waals surface area contributed by atoms with E-state index in [1.54, 1.807) is 17.1 Å². The Morgan fingerprint density at radius 2 is 2.12 bits per heavy atom. The lowest BCUT2D eigenvalue weighted by molar-refractivity contribution is 0.0905. The molecule has 1 aromatic carbocycles. The van der Waals surface area contributed by atoms with Crippen LogP contribution in [0.5, 0.6) is 5.75 Å². The van der Waals surface area contributed by atoms with Crippen LogP contribution in [0, 0.1) is 0 Å². The monoisotopic (exact) mass is 340 g/mol. The first-order chi connectivity index (χ1) is 12.1. The minimum atomic E-state index is -0.233. The van der Waals surface area contributed by atoms with Crippen molar-refractivity contribution in [3.63, 3.8) is 0 Å². The SMILES string of the molecule is Cn1cc(O[C@@H]2COC[C@@H]2NC(=O)c2cn(C)c3ccccc23)cn1. The Balaban J connectivity index is 1.51. The number of hydrogen-bond donors (Lipinski definition) is 1. The summed E-state index contributed by atoms with van der Waals surface area (Å²) >= 11 is 0. The highest BCUT2D eigenvalue weighted by Gasteiger charge is 2.32. The van der Waals surface area contributed by atoms with Gasteiger partial charge in [0.25, 0.3) is 5.91 Å². The van der Waals surface area contributed by atoms with E-state index in [4.69, 9.17) is 9.47 Å². The standard InChI is InChI=1S/C18H20N4O3/c1-21-9-14(13-5-3-4-6-16(13)21)18(23)20-15-10-24-11-17(15)25-12-7-19-22(2)8-12/h3-9,15,17H,10-11H2,1-2H3,(H,20,23)/t15-,17+/m0/s1. The molecule has 1 saturated heterocycles. The van der Waals surface area contributed by atoms with E-state index in [-0.39, 0.29) is 18.1 Å². The minimum absolute atomic E-state index is 0.118. The number of para-hydroxylation sites is 1. The van der Waals surface area contributed by atoms with Crippen LogP contribution < -0.4 is 10.1 Å². The van der Waals surface area contributed by atoms with E-state index in [0.29, 0.717) is 24.5 Å². The second-order valence-corrected chi connectivity index (χ2v) is 6.29. The molecule has 1 amide bonds. The van der Waals surface area contributed by atoms with Crippen molar-refractivity contribution in [2.45, 2.75) is 12.1 Å². The molecule has 1 aliphatic rings. The van der Waals surface area contributed by atoms with E-state index in [9.17, 15) is 4.79 Å². The highest BCUT2D eigenvalue weighted by atomic mass is 16.5. The second kappa shape index (κ2) is 6.25. The van der Waals surface area contributed by atoms with Gasteiger partial charge in [-0.15, -0.1) is 0 Å². The Labute approximate surface area is 145 Å². The van der Waals surface area contributed by atoms with E-state index in [1.807, 2.05) is 49.1 Å². The molecule has 0 radical (unpaired) electrons. The molecule has 0 aliphatic carbocycles. The van der Waals surface area contributed by atoms with Crippen LogP contribution in [-0.2, 0) is 18.8 Å². The molecular weight excluding hydrogens is 320 g/mol. The molecule has 2 aromatic heterocycles. The number of rotatable bonds is 4. The molecule has 25 heavy (non-hydrogen) atoms. The first-order valence-corrected chi connectivity index (χ1v) is 8.20. The minimum Gasteiger partial charge on any atom is -0.482 e. The number of carbonyl (C=O) groups is 1. The number of carbonyl (C=O) groups excluding carboxylic acids is 1. The second-order valence-electron chi connectivity index (χ2n) is 6.29.